The van der Waals surface area contributed by atoms with Gasteiger partial charge in [-0.15, -0.1) is 23.1 Å². The summed E-state index contributed by atoms with van der Waals surface area (Å²) in [6, 6.07) is 17.1. The molecule has 0 radical (unpaired) electrons. The number of amides is 2. The molecule has 216 valence electrons. The molecule has 1 aromatic heterocycles. The number of aromatic carboxylic acids is 1. The lowest BCUT2D eigenvalue weighted by Crippen LogP contribution is -2.16. The normalized spacial score (nSPS) is 13.0. The van der Waals surface area contributed by atoms with Crippen LogP contribution < -0.4 is 10.6 Å². The highest BCUT2D eigenvalue weighted by atomic mass is 32.2. The van der Waals surface area contributed by atoms with Crippen molar-refractivity contribution in [1.82, 2.24) is 0 Å². The molecule has 2 amide bonds. The van der Waals surface area contributed by atoms with Crippen molar-refractivity contribution >= 4 is 68.3 Å². The smallest absolute Gasteiger partial charge is 0.341 e. The molecule has 0 unspecified atom stereocenters. The van der Waals surface area contributed by atoms with Gasteiger partial charge in [0.25, 0.3) is 5.91 Å². The average molecular weight is 603 g/mol. The molecule has 8 nitrogen and oxygen atoms in total. The number of esters is 1. The number of carbonyl (C=O) groups is 4. The van der Waals surface area contributed by atoms with E-state index in [1.807, 2.05) is 6.07 Å². The molecule has 0 aliphatic heterocycles. The summed E-state index contributed by atoms with van der Waals surface area (Å²) in [7, 11) is 1.36. The van der Waals surface area contributed by atoms with Crippen molar-refractivity contribution in [1.29, 1.82) is 0 Å². The van der Waals surface area contributed by atoms with Crippen LogP contribution in [0.5, 0.6) is 0 Å². The Bertz CT molecular complexity index is 1670. The zero-order valence-electron chi connectivity index (χ0n) is 23.0. The van der Waals surface area contributed by atoms with Crippen molar-refractivity contribution in [2.45, 2.75) is 43.4 Å². The monoisotopic (exact) mass is 602 g/mol. The summed E-state index contributed by atoms with van der Waals surface area (Å²) in [5, 5.41) is 17.0. The average Bonchev–Trinajstić information content (AvgIpc) is 3.30. The Kier molecular flexibility index (Phi) is 9.24. The summed E-state index contributed by atoms with van der Waals surface area (Å²) in [6.45, 7) is 0. The summed E-state index contributed by atoms with van der Waals surface area (Å²) < 4.78 is 5.05. The van der Waals surface area contributed by atoms with Crippen molar-refractivity contribution in [3.63, 3.8) is 0 Å². The quantitative estimate of drug-likeness (QED) is 0.146. The number of ether oxygens (including phenoxy) is 1. The number of hydrogen-bond donors (Lipinski definition) is 3. The second-order valence-electron chi connectivity index (χ2n) is 9.95. The van der Waals surface area contributed by atoms with Crippen LogP contribution in [0.1, 0.15) is 67.2 Å². The first-order valence-electron chi connectivity index (χ1n) is 13.7. The van der Waals surface area contributed by atoms with Gasteiger partial charge in [-0.3, -0.25) is 9.59 Å². The molecular weight excluding hydrogens is 572 g/mol. The molecule has 0 saturated heterocycles. The SMILES string of the molecule is COC(=O)c1c(NC(=O)CSc2cccc(NC(=O)c3cccc4cccc(C(=O)O)c34)c2)sc2c1CCCCCC2. The van der Waals surface area contributed by atoms with E-state index in [4.69, 9.17) is 4.74 Å². The molecule has 10 heteroatoms. The van der Waals surface area contributed by atoms with Gasteiger partial charge in [0.05, 0.1) is 24.0 Å². The van der Waals surface area contributed by atoms with E-state index in [9.17, 15) is 24.3 Å². The Labute approximate surface area is 251 Å². The van der Waals surface area contributed by atoms with Crippen molar-refractivity contribution in [2.24, 2.45) is 0 Å². The number of benzene rings is 3. The number of anilines is 2. The number of carboxylic acids is 1. The van der Waals surface area contributed by atoms with Crippen LogP contribution in [0.25, 0.3) is 10.8 Å². The van der Waals surface area contributed by atoms with Gasteiger partial charge in [-0.1, -0.05) is 43.2 Å². The van der Waals surface area contributed by atoms with Gasteiger partial charge in [0, 0.05) is 26.4 Å². The molecule has 3 aromatic carbocycles. The second-order valence-corrected chi connectivity index (χ2v) is 12.1. The first kappa shape index (κ1) is 29.3. The molecule has 42 heavy (non-hydrogen) atoms. The van der Waals surface area contributed by atoms with E-state index >= 15 is 0 Å². The Morgan fingerprint density at radius 2 is 1.62 bits per heavy atom. The number of hydrogen-bond acceptors (Lipinski definition) is 7. The molecule has 0 bridgehead atoms. The fourth-order valence-electron chi connectivity index (χ4n) is 5.21. The van der Waals surface area contributed by atoms with E-state index in [1.54, 1.807) is 48.5 Å². The van der Waals surface area contributed by atoms with Crippen LogP contribution in [-0.2, 0) is 22.4 Å². The fourth-order valence-corrected chi connectivity index (χ4v) is 7.26. The van der Waals surface area contributed by atoms with Gasteiger partial charge in [-0.2, -0.15) is 0 Å². The molecule has 0 saturated carbocycles. The number of rotatable bonds is 8. The Hall–Kier alpha value is -4.15. The van der Waals surface area contributed by atoms with Crippen LogP contribution in [0.3, 0.4) is 0 Å². The van der Waals surface area contributed by atoms with E-state index in [0.29, 0.717) is 27.0 Å². The molecule has 0 fully saturated rings. The second kappa shape index (κ2) is 13.2. The summed E-state index contributed by atoms with van der Waals surface area (Å²) in [4.78, 5) is 52.5. The van der Waals surface area contributed by atoms with Crippen LogP contribution in [0.2, 0.25) is 0 Å². The Morgan fingerprint density at radius 1 is 0.905 bits per heavy atom. The van der Waals surface area contributed by atoms with Crippen molar-refractivity contribution in [2.75, 3.05) is 23.5 Å². The molecule has 1 heterocycles. The number of carboxylic acid groups (broad SMARTS) is 1. The Morgan fingerprint density at radius 3 is 2.36 bits per heavy atom. The molecule has 1 aliphatic carbocycles. The van der Waals surface area contributed by atoms with Crippen LogP contribution in [-0.4, -0.2) is 41.7 Å². The van der Waals surface area contributed by atoms with E-state index in [2.05, 4.69) is 10.6 Å². The maximum atomic E-state index is 13.2. The largest absolute Gasteiger partial charge is 0.478 e. The van der Waals surface area contributed by atoms with Crippen molar-refractivity contribution in [3.8, 4) is 0 Å². The standard InChI is InChI=1S/C32H30N2O6S2/c1-40-32(39)28-22-13-4-2-3-5-16-25(22)42-30(28)34-26(35)18-41-21-12-8-11-20(17-21)33-29(36)23-14-6-9-19-10-7-15-24(27(19)23)31(37)38/h6-12,14-15,17H,2-5,13,16,18H2,1H3,(H,33,36)(H,34,35)(H,37,38). The lowest BCUT2D eigenvalue weighted by atomic mass is 9.96. The third-order valence-electron chi connectivity index (χ3n) is 7.16. The molecule has 3 N–H and O–H groups in total. The predicted molar refractivity (Wildman–Crippen MR) is 166 cm³/mol. The summed E-state index contributed by atoms with van der Waals surface area (Å²) >= 11 is 2.77. The number of fused-ring (bicyclic) bond motifs is 2. The topological polar surface area (TPSA) is 122 Å². The molecule has 0 atom stereocenters. The zero-order valence-corrected chi connectivity index (χ0v) is 24.7. The maximum absolute atomic E-state index is 13.2. The highest BCUT2D eigenvalue weighted by molar-refractivity contribution is 8.00. The molecular formula is C32H30N2O6S2. The van der Waals surface area contributed by atoms with E-state index in [1.165, 1.54) is 36.3 Å². The minimum atomic E-state index is -1.11. The minimum Gasteiger partial charge on any atom is -0.478 e. The van der Waals surface area contributed by atoms with Gasteiger partial charge in [0.2, 0.25) is 5.91 Å². The third kappa shape index (κ3) is 6.50. The Balaban J connectivity index is 1.28. The molecule has 5 rings (SSSR count). The van der Waals surface area contributed by atoms with Crippen LogP contribution >= 0.6 is 23.1 Å². The first-order chi connectivity index (χ1) is 20.4. The van der Waals surface area contributed by atoms with Gasteiger partial charge >= 0.3 is 11.9 Å². The van der Waals surface area contributed by atoms with Crippen LogP contribution in [0.15, 0.2) is 65.6 Å². The molecule has 0 spiro atoms. The van der Waals surface area contributed by atoms with E-state index in [-0.39, 0.29) is 22.8 Å². The summed E-state index contributed by atoms with van der Waals surface area (Å²) in [5.74, 6) is -2.11. The molecule has 4 aromatic rings. The minimum absolute atomic E-state index is 0.0571. The van der Waals surface area contributed by atoms with Crippen molar-refractivity contribution in [3.05, 3.63) is 87.8 Å². The van der Waals surface area contributed by atoms with Gasteiger partial charge in [-0.05, 0) is 67.0 Å². The lowest BCUT2D eigenvalue weighted by molar-refractivity contribution is -0.113. The summed E-state index contributed by atoms with van der Waals surface area (Å²) in [5.41, 5.74) is 2.30. The van der Waals surface area contributed by atoms with Crippen LogP contribution in [0.4, 0.5) is 10.7 Å². The number of aryl methyl sites for hydroxylation is 1. The third-order valence-corrected chi connectivity index (χ3v) is 9.36. The van der Waals surface area contributed by atoms with E-state index in [0.717, 1.165) is 53.9 Å². The fraction of sp³-hybridized carbons (Fsp3) is 0.250. The maximum Gasteiger partial charge on any atom is 0.341 e. The highest BCUT2D eigenvalue weighted by Gasteiger charge is 2.26. The predicted octanol–water partition coefficient (Wildman–Crippen LogP) is 7.03. The zero-order chi connectivity index (χ0) is 29.6. The number of carbonyl (C=O) groups excluding carboxylic acids is 3. The molecule has 1 aliphatic rings. The number of thioether (sulfide) groups is 1. The van der Waals surface area contributed by atoms with Gasteiger partial charge in [-0.25, -0.2) is 9.59 Å². The number of thiophene rings is 1. The van der Waals surface area contributed by atoms with Crippen molar-refractivity contribution < 1.29 is 29.0 Å². The van der Waals surface area contributed by atoms with Gasteiger partial charge in [0.15, 0.2) is 0 Å². The van der Waals surface area contributed by atoms with Gasteiger partial charge in [0.1, 0.15) is 5.00 Å². The number of nitrogens with one attached hydrogen (secondary N) is 2. The van der Waals surface area contributed by atoms with Crippen LogP contribution in [0, 0.1) is 0 Å². The van der Waals surface area contributed by atoms with Gasteiger partial charge < -0.3 is 20.5 Å². The highest BCUT2D eigenvalue weighted by Crippen LogP contribution is 2.38. The summed E-state index contributed by atoms with van der Waals surface area (Å²) in [6.07, 6.45) is 6.04. The first-order valence-corrected chi connectivity index (χ1v) is 15.5. The van der Waals surface area contributed by atoms with E-state index < -0.39 is 17.8 Å². The number of methoxy groups -OCH3 is 1. The lowest BCUT2D eigenvalue weighted by Gasteiger charge is -2.11.